The van der Waals surface area contributed by atoms with E-state index < -0.39 is 0 Å². The monoisotopic (exact) mass is 353 g/mol. The number of hydrogen-bond donors (Lipinski definition) is 1. The van der Waals surface area contributed by atoms with Gasteiger partial charge in [0, 0.05) is 44.1 Å². The van der Waals surface area contributed by atoms with Crippen molar-refractivity contribution in [2.24, 2.45) is 5.92 Å². The van der Waals surface area contributed by atoms with Gasteiger partial charge in [-0.3, -0.25) is 14.7 Å². The Kier molecular flexibility index (Phi) is 6.75. The first kappa shape index (κ1) is 18.5. The van der Waals surface area contributed by atoms with Crippen molar-refractivity contribution in [3.8, 4) is 11.1 Å². The van der Waals surface area contributed by atoms with Gasteiger partial charge in [-0.25, -0.2) is 0 Å². The van der Waals surface area contributed by atoms with Crippen LogP contribution < -0.4 is 5.32 Å². The summed E-state index contributed by atoms with van der Waals surface area (Å²) in [6, 6.07) is 12.6. The quantitative estimate of drug-likeness (QED) is 0.778. The highest BCUT2D eigenvalue weighted by Gasteiger charge is 2.25. The molecule has 1 aromatic carbocycles. The van der Waals surface area contributed by atoms with E-state index in [4.69, 9.17) is 4.74 Å². The number of rotatable bonds is 7. The summed E-state index contributed by atoms with van der Waals surface area (Å²) in [7, 11) is 1.65. The first-order chi connectivity index (χ1) is 12.8. The molecule has 2 heterocycles. The molecule has 1 aliphatic rings. The summed E-state index contributed by atoms with van der Waals surface area (Å²) in [5.41, 5.74) is 3.69. The molecule has 138 valence electrons. The molecule has 1 amide bonds. The van der Waals surface area contributed by atoms with Gasteiger partial charge in [-0.05, 0) is 43.1 Å². The molecule has 1 N–H and O–H groups in total. The largest absolute Gasteiger partial charge is 0.383 e. The lowest BCUT2D eigenvalue weighted by Gasteiger charge is -2.31. The van der Waals surface area contributed by atoms with Gasteiger partial charge >= 0.3 is 0 Å². The third kappa shape index (κ3) is 4.90. The van der Waals surface area contributed by atoms with Gasteiger partial charge in [0.25, 0.3) is 0 Å². The Hall–Kier alpha value is -2.24. The second-order valence-electron chi connectivity index (χ2n) is 6.73. The second kappa shape index (κ2) is 9.46. The van der Waals surface area contributed by atoms with Crippen LogP contribution in [-0.2, 0) is 16.1 Å². The van der Waals surface area contributed by atoms with Gasteiger partial charge in [0.05, 0.1) is 6.61 Å². The van der Waals surface area contributed by atoms with Gasteiger partial charge in [0.2, 0.25) is 5.91 Å². The molecule has 1 aromatic heterocycles. The van der Waals surface area contributed by atoms with E-state index >= 15 is 0 Å². The Morgan fingerprint density at radius 3 is 2.77 bits per heavy atom. The molecule has 0 atom stereocenters. The van der Waals surface area contributed by atoms with E-state index in [0.29, 0.717) is 13.2 Å². The highest BCUT2D eigenvalue weighted by molar-refractivity contribution is 5.78. The van der Waals surface area contributed by atoms with Crippen LogP contribution in [0.2, 0.25) is 0 Å². The lowest BCUT2D eigenvalue weighted by Crippen LogP contribution is -2.41. The number of piperidine rings is 1. The van der Waals surface area contributed by atoms with Crippen LogP contribution in [0.1, 0.15) is 18.4 Å². The van der Waals surface area contributed by atoms with Crippen LogP contribution in [0.3, 0.4) is 0 Å². The maximum atomic E-state index is 12.2. The average Bonchev–Trinajstić information content (AvgIpc) is 2.70. The molecule has 0 aliphatic carbocycles. The average molecular weight is 353 g/mol. The highest BCUT2D eigenvalue weighted by Crippen LogP contribution is 2.26. The number of ether oxygens (including phenoxy) is 1. The zero-order valence-electron chi connectivity index (χ0n) is 15.4. The standard InChI is InChI=1S/C21H27N3O2/c1-26-14-11-23-21(25)17-8-12-24(13-9-17)16-19-5-2-3-7-20(19)18-6-4-10-22-15-18/h2-7,10,15,17H,8-9,11-14,16H2,1H3,(H,23,25). The van der Waals surface area contributed by atoms with Crippen LogP contribution in [0.5, 0.6) is 0 Å². The molecule has 1 fully saturated rings. The fourth-order valence-electron chi connectivity index (χ4n) is 3.48. The normalized spacial score (nSPS) is 15.7. The van der Waals surface area contributed by atoms with Gasteiger partial charge in [-0.15, -0.1) is 0 Å². The zero-order chi connectivity index (χ0) is 18.2. The van der Waals surface area contributed by atoms with Crippen LogP contribution in [0, 0.1) is 5.92 Å². The fraction of sp³-hybridized carbons (Fsp3) is 0.429. The van der Waals surface area contributed by atoms with Crippen molar-refractivity contribution < 1.29 is 9.53 Å². The molecule has 26 heavy (non-hydrogen) atoms. The Balaban J connectivity index is 1.56. The van der Waals surface area contributed by atoms with Gasteiger partial charge in [-0.1, -0.05) is 30.3 Å². The molecule has 2 aromatic rings. The van der Waals surface area contributed by atoms with E-state index in [1.165, 1.54) is 11.1 Å². The minimum Gasteiger partial charge on any atom is -0.383 e. The minimum atomic E-state index is 0.122. The maximum absolute atomic E-state index is 12.2. The van der Waals surface area contributed by atoms with Crippen molar-refractivity contribution in [1.29, 1.82) is 0 Å². The molecule has 0 saturated carbocycles. The lowest BCUT2D eigenvalue weighted by molar-refractivity contribution is -0.126. The van der Waals surface area contributed by atoms with Crippen molar-refractivity contribution in [3.63, 3.8) is 0 Å². The Bertz CT molecular complexity index is 697. The van der Waals surface area contributed by atoms with Crippen molar-refractivity contribution in [3.05, 3.63) is 54.4 Å². The molecule has 3 rings (SSSR count). The molecule has 1 aliphatic heterocycles. The predicted molar refractivity (Wildman–Crippen MR) is 103 cm³/mol. The number of amides is 1. The van der Waals surface area contributed by atoms with E-state index in [9.17, 15) is 4.79 Å². The summed E-state index contributed by atoms with van der Waals surface area (Å²) in [5.74, 6) is 0.286. The number of hydrogen-bond acceptors (Lipinski definition) is 4. The van der Waals surface area contributed by atoms with E-state index in [0.717, 1.165) is 38.0 Å². The zero-order valence-corrected chi connectivity index (χ0v) is 15.4. The summed E-state index contributed by atoms with van der Waals surface area (Å²) < 4.78 is 4.98. The van der Waals surface area contributed by atoms with Crippen LogP contribution in [0.4, 0.5) is 0 Å². The number of nitrogens with zero attached hydrogens (tertiary/aromatic N) is 2. The first-order valence-electron chi connectivity index (χ1n) is 9.25. The number of nitrogens with one attached hydrogen (secondary N) is 1. The minimum absolute atomic E-state index is 0.122. The summed E-state index contributed by atoms with van der Waals surface area (Å²) in [6.07, 6.45) is 5.53. The van der Waals surface area contributed by atoms with Crippen molar-refractivity contribution in [2.75, 3.05) is 33.4 Å². The Morgan fingerprint density at radius 1 is 1.23 bits per heavy atom. The molecule has 0 spiro atoms. The Labute approximate surface area is 155 Å². The summed E-state index contributed by atoms with van der Waals surface area (Å²) >= 11 is 0. The lowest BCUT2D eigenvalue weighted by atomic mass is 9.94. The number of benzene rings is 1. The van der Waals surface area contributed by atoms with Crippen LogP contribution >= 0.6 is 0 Å². The topological polar surface area (TPSA) is 54.5 Å². The third-order valence-corrected chi connectivity index (χ3v) is 4.95. The van der Waals surface area contributed by atoms with E-state index in [1.807, 2.05) is 12.3 Å². The van der Waals surface area contributed by atoms with Crippen LogP contribution in [-0.4, -0.2) is 49.1 Å². The van der Waals surface area contributed by atoms with Crippen LogP contribution in [0.15, 0.2) is 48.8 Å². The smallest absolute Gasteiger partial charge is 0.223 e. The van der Waals surface area contributed by atoms with E-state index in [2.05, 4.69) is 45.5 Å². The molecular formula is C21H27N3O2. The van der Waals surface area contributed by atoms with Gasteiger partial charge < -0.3 is 10.1 Å². The molecular weight excluding hydrogens is 326 g/mol. The molecule has 0 bridgehead atoms. The van der Waals surface area contributed by atoms with E-state index in [1.54, 1.807) is 13.3 Å². The summed E-state index contributed by atoms with van der Waals surface area (Å²) in [5, 5.41) is 2.96. The van der Waals surface area contributed by atoms with Crippen LogP contribution in [0.25, 0.3) is 11.1 Å². The summed E-state index contributed by atoms with van der Waals surface area (Å²) in [6.45, 7) is 3.96. The van der Waals surface area contributed by atoms with Gasteiger partial charge in [0.15, 0.2) is 0 Å². The number of carbonyl (C=O) groups excluding carboxylic acids is 1. The van der Waals surface area contributed by atoms with Gasteiger partial charge in [-0.2, -0.15) is 0 Å². The molecule has 5 nitrogen and oxygen atoms in total. The number of aromatic nitrogens is 1. The van der Waals surface area contributed by atoms with Gasteiger partial charge in [0.1, 0.15) is 0 Å². The molecule has 0 radical (unpaired) electrons. The Morgan fingerprint density at radius 2 is 2.04 bits per heavy atom. The van der Waals surface area contributed by atoms with Crippen molar-refractivity contribution in [2.45, 2.75) is 19.4 Å². The number of carbonyl (C=O) groups is 1. The molecule has 5 heteroatoms. The fourth-order valence-corrected chi connectivity index (χ4v) is 3.48. The number of methoxy groups -OCH3 is 1. The molecule has 0 unspecified atom stereocenters. The number of likely N-dealkylation sites (tertiary alicyclic amines) is 1. The predicted octanol–water partition coefficient (Wildman–Crippen LogP) is 2.72. The SMILES string of the molecule is COCCNC(=O)C1CCN(Cc2ccccc2-c2cccnc2)CC1. The maximum Gasteiger partial charge on any atom is 0.223 e. The first-order valence-corrected chi connectivity index (χ1v) is 9.25. The third-order valence-electron chi connectivity index (χ3n) is 4.95. The number of pyridine rings is 1. The van der Waals surface area contributed by atoms with Crippen molar-refractivity contribution in [1.82, 2.24) is 15.2 Å². The highest BCUT2D eigenvalue weighted by atomic mass is 16.5. The van der Waals surface area contributed by atoms with Crippen molar-refractivity contribution >= 4 is 5.91 Å². The molecule has 1 saturated heterocycles. The summed E-state index contributed by atoms with van der Waals surface area (Å²) in [4.78, 5) is 18.9. The second-order valence-corrected chi connectivity index (χ2v) is 6.73. The van der Waals surface area contributed by atoms with E-state index in [-0.39, 0.29) is 11.8 Å².